The zero-order valence-corrected chi connectivity index (χ0v) is 10.6. The van der Waals surface area contributed by atoms with Crippen LogP contribution in [0.4, 0.5) is 4.39 Å². The van der Waals surface area contributed by atoms with E-state index in [0.29, 0.717) is 23.8 Å². The molecule has 4 heteroatoms. The number of nitrogens with two attached hydrogens (primary N) is 1. The predicted molar refractivity (Wildman–Crippen MR) is 69.7 cm³/mol. The highest BCUT2D eigenvalue weighted by Crippen LogP contribution is 2.49. The van der Waals surface area contributed by atoms with Crippen LogP contribution in [0.3, 0.4) is 0 Å². The molecule has 1 aliphatic carbocycles. The van der Waals surface area contributed by atoms with Crippen molar-refractivity contribution in [2.45, 2.75) is 26.2 Å². The minimum Gasteiger partial charge on any atom is -0.490 e. The first-order valence-corrected chi connectivity index (χ1v) is 6.09. The molecular formula is C13H16FNOS. The lowest BCUT2D eigenvalue weighted by Crippen LogP contribution is -2.21. The molecular weight excluding hydrogens is 237 g/mol. The van der Waals surface area contributed by atoms with Crippen LogP contribution in [0, 0.1) is 18.2 Å². The lowest BCUT2D eigenvalue weighted by Gasteiger charge is -2.16. The summed E-state index contributed by atoms with van der Waals surface area (Å²) >= 11 is 4.91. The van der Waals surface area contributed by atoms with Crippen molar-refractivity contribution < 1.29 is 9.13 Å². The number of halogens is 1. The quantitative estimate of drug-likeness (QED) is 0.819. The van der Waals surface area contributed by atoms with Gasteiger partial charge in [-0.3, -0.25) is 0 Å². The van der Waals surface area contributed by atoms with Gasteiger partial charge in [-0.2, -0.15) is 0 Å². The molecule has 92 valence electrons. The summed E-state index contributed by atoms with van der Waals surface area (Å²) in [6, 6.07) is 4.87. The highest BCUT2D eigenvalue weighted by atomic mass is 32.1. The van der Waals surface area contributed by atoms with Gasteiger partial charge in [-0.05, 0) is 37.5 Å². The van der Waals surface area contributed by atoms with E-state index in [0.717, 1.165) is 18.4 Å². The van der Waals surface area contributed by atoms with Gasteiger partial charge in [-0.1, -0.05) is 18.3 Å². The van der Waals surface area contributed by atoms with Gasteiger partial charge in [0.15, 0.2) is 11.6 Å². The molecule has 2 N–H and O–H groups in total. The Morgan fingerprint density at radius 1 is 1.53 bits per heavy atom. The van der Waals surface area contributed by atoms with Crippen molar-refractivity contribution >= 4 is 17.2 Å². The predicted octanol–water partition coefficient (Wildman–Crippen LogP) is 2.97. The Kier molecular flexibility index (Phi) is 3.33. The molecule has 0 amide bonds. The summed E-state index contributed by atoms with van der Waals surface area (Å²) in [4.78, 5) is 0.510. The zero-order valence-electron chi connectivity index (χ0n) is 9.83. The molecule has 1 fully saturated rings. The second-order valence-corrected chi connectivity index (χ2v) is 5.39. The first kappa shape index (κ1) is 12.3. The van der Waals surface area contributed by atoms with Crippen LogP contribution in [-0.4, -0.2) is 11.6 Å². The smallest absolute Gasteiger partial charge is 0.165 e. The first-order chi connectivity index (χ1) is 8.01. The molecule has 1 aromatic rings. The molecule has 0 spiro atoms. The molecule has 17 heavy (non-hydrogen) atoms. The molecule has 2 rings (SSSR count). The van der Waals surface area contributed by atoms with Crippen LogP contribution in [0.25, 0.3) is 0 Å². The van der Waals surface area contributed by atoms with E-state index in [4.69, 9.17) is 22.7 Å². The summed E-state index contributed by atoms with van der Waals surface area (Å²) in [5, 5.41) is 0. The van der Waals surface area contributed by atoms with E-state index in [9.17, 15) is 4.39 Å². The second-order valence-electron chi connectivity index (χ2n) is 4.87. The van der Waals surface area contributed by atoms with Gasteiger partial charge in [0.05, 0.1) is 11.6 Å². The fraction of sp³-hybridized carbons (Fsp3) is 0.462. The molecule has 1 saturated carbocycles. The standard InChI is InChI=1S/C13H16FNOS/c1-9-2-3-10(14)11(6-9)16-8-13(4-5-13)7-12(15)17/h2-3,6H,4-5,7-8H2,1H3,(H2,15,17). The summed E-state index contributed by atoms with van der Waals surface area (Å²) in [7, 11) is 0. The third-order valence-electron chi connectivity index (χ3n) is 3.13. The number of hydrogen-bond donors (Lipinski definition) is 1. The molecule has 1 aliphatic rings. The first-order valence-electron chi connectivity index (χ1n) is 5.68. The SMILES string of the molecule is Cc1ccc(F)c(OCC2(CC(N)=S)CC2)c1. The normalized spacial score (nSPS) is 16.6. The molecule has 1 aromatic carbocycles. The van der Waals surface area contributed by atoms with Gasteiger partial charge < -0.3 is 10.5 Å². The van der Waals surface area contributed by atoms with E-state index in [-0.39, 0.29) is 11.2 Å². The minimum atomic E-state index is -0.318. The average molecular weight is 253 g/mol. The van der Waals surface area contributed by atoms with Gasteiger partial charge in [0, 0.05) is 11.8 Å². The Labute approximate surface area is 106 Å². The topological polar surface area (TPSA) is 35.2 Å². The third kappa shape index (κ3) is 3.16. The van der Waals surface area contributed by atoms with Crippen molar-refractivity contribution in [1.29, 1.82) is 0 Å². The van der Waals surface area contributed by atoms with Crippen molar-refractivity contribution in [2.75, 3.05) is 6.61 Å². The Balaban J connectivity index is 1.98. The number of thiocarbonyl (C=S) groups is 1. The van der Waals surface area contributed by atoms with Crippen molar-refractivity contribution in [2.24, 2.45) is 11.1 Å². The van der Waals surface area contributed by atoms with Gasteiger partial charge in [-0.25, -0.2) is 4.39 Å². The molecule has 0 saturated heterocycles. The molecule has 0 aliphatic heterocycles. The number of rotatable bonds is 5. The van der Waals surface area contributed by atoms with Crippen molar-refractivity contribution in [1.82, 2.24) is 0 Å². The Morgan fingerprint density at radius 2 is 2.24 bits per heavy atom. The number of benzene rings is 1. The molecule has 0 heterocycles. The maximum absolute atomic E-state index is 13.5. The lowest BCUT2D eigenvalue weighted by molar-refractivity contribution is 0.229. The van der Waals surface area contributed by atoms with Crippen LogP contribution in [0.5, 0.6) is 5.75 Å². The van der Waals surface area contributed by atoms with Crippen LogP contribution in [0.2, 0.25) is 0 Å². The summed E-state index contributed by atoms with van der Waals surface area (Å²) < 4.78 is 19.0. The summed E-state index contributed by atoms with van der Waals surface area (Å²) in [5.74, 6) is 0.000870. The third-order valence-corrected chi connectivity index (χ3v) is 3.27. The van der Waals surface area contributed by atoms with Crippen LogP contribution >= 0.6 is 12.2 Å². The van der Waals surface area contributed by atoms with E-state index >= 15 is 0 Å². The van der Waals surface area contributed by atoms with Crippen LogP contribution < -0.4 is 10.5 Å². The maximum atomic E-state index is 13.5. The van der Waals surface area contributed by atoms with E-state index < -0.39 is 0 Å². The van der Waals surface area contributed by atoms with Gasteiger partial charge in [0.1, 0.15) is 0 Å². The van der Waals surface area contributed by atoms with Gasteiger partial charge >= 0.3 is 0 Å². The average Bonchev–Trinajstić information content (AvgIpc) is 2.99. The van der Waals surface area contributed by atoms with Crippen molar-refractivity contribution in [3.63, 3.8) is 0 Å². The minimum absolute atomic E-state index is 0.0576. The van der Waals surface area contributed by atoms with E-state index in [1.807, 2.05) is 6.92 Å². The van der Waals surface area contributed by atoms with Crippen LogP contribution in [0.1, 0.15) is 24.8 Å². The van der Waals surface area contributed by atoms with E-state index in [2.05, 4.69) is 0 Å². The number of aryl methyl sites for hydroxylation is 1. The highest BCUT2D eigenvalue weighted by molar-refractivity contribution is 7.80. The van der Waals surface area contributed by atoms with Crippen molar-refractivity contribution in [3.05, 3.63) is 29.6 Å². The molecule has 0 aromatic heterocycles. The maximum Gasteiger partial charge on any atom is 0.165 e. The molecule has 0 radical (unpaired) electrons. The Bertz CT molecular complexity index is 443. The van der Waals surface area contributed by atoms with Crippen LogP contribution in [-0.2, 0) is 0 Å². The number of ether oxygens (including phenoxy) is 1. The van der Waals surface area contributed by atoms with Crippen molar-refractivity contribution in [3.8, 4) is 5.75 Å². The second kappa shape index (κ2) is 4.61. The Hall–Kier alpha value is -1.16. The van der Waals surface area contributed by atoms with Gasteiger partial charge in [-0.15, -0.1) is 0 Å². The number of hydrogen-bond acceptors (Lipinski definition) is 2. The molecule has 0 bridgehead atoms. The van der Waals surface area contributed by atoms with E-state index in [1.54, 1.807) is 12.1 Å². The fourth-order valence-corrected chi connectivity index (χ4v) is 2.18. The van der Waals surface area contributed by atoms with Crippen LogP contribution in [0.15, 0.2) is 18.2 Å². The molecule has 0 atom stereocenters. The van der Waals surface area contributed by atoms with Gasteiger partial charge in [0.25, 0.3) is 0 Å². The highest BCUT2D eigenvalue weighted by Gasteiger charge is 2.44. The van der Waals surface area contributed by atoms with Gasteiger partial charge in [0.2, 0.25) is 0 Å². The Morgan fingerprint density at radius 3 is 2.82 bits per heavy atom. The fourth-order valence-electron chi connectivity index (χ4n) is 1.87. The molecule has 0 unspecified atom stereocenters. The summed E-state index contributed by atoms with van der Waals surface area (Å²) in [6.45, 7) is 2.40. The summed E-state index contributed by atoms with van der Waals surface area (Å²) in [6.07, 6.45) is 2.80. The lowest BCUT2D eigenvalue weighted by atomic mass is 10.0. The monoisotopic (exact) mass is 253 g/mol. The largest absolute Gasteiger partial charge is 0.490 e. The summed E-state index contributed by atoms with van der Waals surface area (Å²) in [5.41, 5.74) is 6.59. The zero-order chi connectivity index (χ0) is 12.5. The van der Waals surface area contributed by atoms with E-state index in [1.165, 1.54) is 6.07 Å². The molecule has 2 nitrogen and oxygen atoms in total.